The van der Waals surface area contributed by atoms with Crippen molar-refractivity contribution in [2.45, 2.75) is 15.4 Å². The van der Waals surface area contributed by atoms with E-state index in [1.54, 1.807) is 6.07 Å². The zero-order valence-electron chi connectivity index (χ0n) is 17.0. The second-order valence-corrected chi connectivity index (χ2v) is 10.4. The van der Waals surface area contributed by atoms with Crippen molar-refractivity contribution in [1.82, 2.24) is 0 Å². The molecule has 0 aliphatic carbocycles. The van der Waals surface area contributed by atoms with Gasteiger partial charge in [-0.05, 0) is 23.8 Å². The molecule has 0 bridgehead atoms. The highest BCUT2D eigenvalue weighted by Crippen LogP contribution is 2.59. The van der Waals surface area contributed by atoms with Crippen LogP contribution in [-0.2, 0) is 4.79 Å². The number of ether oxygens (including phenoxy) is 1. The fourth-order valence-electron chi connectivity index (χ4n) is 4.72. The fraction of sp³-hybridized carbons (Fsp3) is 0.120. The third kappa shape index (κ3) is 3.09. The standard InChI is InChI=1S/C25H15NO5S2/c27-22-15-8-4-5-9-18(15)32-25-20(22)19-16-12-14(26(29)30)10-11-17(16)31-24(28)21(19)23(33-25)13-6-2-1-3-7-13/h1-12,19,21,23H/t19-,21+,23-/m1/s1. The van der Waals surface area contributed by atoms with Crippen molar-refractivity contribution < 1.29 is 14.5 Å². The number of benzene rings is 3. The number of nitro benzene ring substituents is 1. The number of rotatable bonds is 2. The maximum atomic E-state index is 13.7. The topological polar surface area (TPSA) is 86.5 Å². The lowest BCUT2D eigenvalue weighted by Crippen LogP contribution is -2.39. The third-order valence-corrected chi connectivity index (χ3v) is 8.95. The molecule has 0 N–H and O–H groups in total. The third-order valence-electron chi connectivity index (χ3n) is 6.18. The molecule has 3 aromatic carbocycles. The number of carbonyl (C=O) groups is 1. The highest BCUT2D eigenvalue weighted by atomic mass is 32.2. The molecule has 0 spiro atoms. The van der Waals surface area contributed by atoms with E-state index in [-0.39, 0.29) is 22.1 Å². The van der Waals surface area contributed by atoms with Gasteiger partial charge >= 0.3 is 5.97 Å². The molecule has 2 aliphatic rings. The van der Waals surface area contributed by atoms with Crippen LogP contribution in [0.4, 0.5) is 5.69 Å². The van der Waals surface area contributed by atoms with Gasteiger partial charge in [0, 0.05) is 44.5 Å². The van der Waals surface area contributed by atoms with Crippen LogP contribution in [0.3, 0.4) is 0 Å². The molecule has 33 heavy (non-hydrogen) atoms. The van der Waals surface area contributed by atoms with Gasteiger partial charge < -0.3 is 4.74 Å². The van der Waals surface area contributed by atoms with Crippen molar-refractivity contribution in [1.29, 1.82) is 0 Å². The lowest BCUT2D eigenvalue weighted by Gasteiger charge is -2.40. The van der Waals surface area contributed by atoms with Crippen molar-refractivity contribution in [3.05, 3.63) is 110 Å². The second kappa shape index (κ2) is 7.54. The van der Waals surface area contributed by atoms with Crippen LogP contribution in [0.5, 0.6) is 5.75 Å². The molecule has 162 valence electrons. The predicted octanol–water partition coefficient (Wildman–Crippen LogP) is 5.68. The number of thioether (sulfide) groups is 1. The monoisotopic (exact) mass is 473 g/mol. The van der Waals surface area contributed by atoms with Crippen LogP contribution >= 0.6 is 23.1 Å². The van der Waals surface area contributed by atoms with Crippen LogP contribution in [-0.4, -0.2) is 10.9 Å². The SMILES string of the molecule is O=C1Oc2ccc([N+](=O)[O-])cc2[C@@H]2c3c(sc4ccccc4c3=O)S[C@H](c3ccccc3)[C@@H]12. The number of carbonyl (C=O) groups excluding carboxylic acids is 1. The highest BCUT2D eigenvalue weighted by Gasteiger charge is 2.50. The summed E-state index contributed by atoms with van der Waals surface area (Å²) in [5, 5.41) is 11.8. The van der Waals surface area contributed by atoms with Gasteiger partial charge in [-0.25, -0.2) is 0 Å². The molecule has 3 atom stereocenters. The molecule has 6 nitrogen and oxygen atoms in total. The lowest BCUT2D eigenvalue weighted by atomic mass is 9.75. The average molecular weight is 474 g/mol. The Kier molecular flexibility index (Phi) is 4.60. The Balaban J connectivity index is 1.68. The summed E-state index contributed by atoms with van der Waals surface area (Å²) >= 11 is 3.02. The maximum absolute atomic E-state index is 13.7. The second-order valence-electron chi connectivity index (χ2n) is 7.98. The first-order chi connectivity index (χ1) is 16.0. The summed E-state index contributed by atoms with van der Waals surface area (Å²) in [5.41, 5.74) is 1.75. The van der Waals surface area contributed by atoms with Crippen LogP contribution in [0.2, 0.25) is 0 Å². The number of hydrogen-bond acceptors (Lipinski definition) is 7. The van der Waals surface area contributed by atoms with Crippen LogP contribution in [0.1, 0.15) is 27.9 Å². The van der Waals surface area contributed by atoms with E-state index in [2.05, 4.69) is 0 Å². The summed E-state index contributed by atoms with van der Waals surface area (Å²) in [7, 11) is 0. The first-order valence-corrected chi connectivity index (χ1v) is 12.0. The van der Waals surface area contributed by atoms with Crippen molar-refractivity contribution in [2.75, 3.05) is 0 Å². The Morgan fingerprint density at radius 1 is 0.939 bits per heavy atom. The molecular weight excluding hydrogens is 458 g/mol. The maximum Gasteiger partial charge on any atom is 0.316 e. The summed E-state index contributed by atoms with van der Waals surface area (Å²) in [6.07, 6.45) is 0. The zero-order valence-corrected chi connectivity index (χ0v) is 18.6. The summed E-state index contributed by atoms with van der Waals surface area (Å²) < 4.78 is 7.36. The largest absolute Gasteiger partial charge is 0.426 e. The summed E-state index contributed by atoms with van der Waals surface area (Å²) in [6, 6.07) is 21.3. The van der Waals surface area contributed by atoms with Crippen LogP contribution in [0.25, 0.3) is 10.1 Å². The molecule has 0 unspecified atom stereocenters. The van der Waals surface area contributed by atoms with Gasteiger partial charge in [-0.15, -0.1) is 23.1 Å². The lowest BCUT2D eigenvalue weighted by molar-refractivity contribution is -0.385. The Bertz CT molecular complexity index is 1510. The van der Waals surface area contributed by atoms with Gasteiger partial charge in [0.15, 0.2) is 5.43 Å². The Morgan fingerprint density at radius 2 is 1.70 bits per heavy atom. The minimum absolute atomic E-state index is 0.0987. The zero-order chi connectivity index (χ0) is 22.7. The van der Waals surface area contributed by atoms with Gasteiger partial charge in [-0.3, -0.25) is 19.7 Å². The van der Waals surface area contributed by atoms with E-state index in [1.807, 2.05) is 48.5 Å². The van der Waals surface area contributed by atoms with Crippen molar-refractivity contribution >= 4 is 44.8 Å². The molecule has 3 heterocycles. The molecule has 0 saturated heterocycles. The number of nitro groups is 1. The van der Waals surface area contributed by atoms with Gasteiger partial charge in [-0.2, -0.15) is 0 Å². The van der Waals surface area contributed by atoms with Crippen LogP contribution in [0, 0.1) is 16.0 Å². The van der Waals surface area contributed by atoms with Crippen molar-refractivity contribution in [3.8, 4) is 5.75 Å². The van der Waals surface area contributed by atoms with E-state index in [9.17, 15) is 19.7 Å². The summed E-state index contributed by atoms with van der Waals surface area (Å²) in [6.45, 7) is 0. The average Bonchev–Trinajstić information content (AvgIpc) is 2.83. The molecule has 0 fully saturated rings. The normalized spacial score (nSPS) is 21.0. The quantitative estimate of drug-likeness (QED) is 0.161. The molecule has 2 aliphatic heterocycles. The molecule has 0 amide bonds. The predicted molar refractivity (Wildman–Crippen MR) is 127 cm³/mol. The van der Waals surface area contributed by atoms with Crippen molar-refractivity contribution in [2.24, 2.45) is 5.92 Å². The molecule has 8 heteroatoms. The molecule has 1 aromatic heterocycles. The molecular formula is C25H15NO5S2. The number of fused-ring (bicyclic) bond motifs is 6. The number of nitrogens with zero attached hydrogens (tertiary/aromatic N) is 1. The van der Waals surface area contributed by atoms with Gasteiger partial charge in [0.25, 0.3) is 5.69 Å². The van der Waals surface area contributed by atoms with E-state index >= 15 is 0 Å². The van der Waals surface area contributed by atoms with Gasteiger partial charge in [0.1, 0.15) is 5.75 Å². The first-order valence-electron chi connectivity index (χ1n) is 10.3. The van der Waals surface area contributed by atoms with E-state index in [0.29, 0.717) is 16.5 Å². The number of esters is 1. The molecule has 0 radical (unpaired) electrons. The van der Waals surface area contributed by atoms with E-state index in [1.165, 1.54) is 41.3 Å². The summed E-state index contributed by atoms with van der Waals surface area (Å²) in [5.74, 6) is -1.46. The minimum Gasteiger partial charge on any atom is -0.426 e. The van der Waals surface area contributed by atoms with Crippen molar-refractivity contribution in [3.63, 3.8) is 0 Å². The van der Waals surface area contributed by atoms with Crippen LogP contribution < -0.4 is 10.2 Å². The van der Waals surface area contributed by atoms with Gasteiger partial charge in [-0.1, -0.05) is 42.5 Å². The number of non-ortho nitro benzene ring substituents is 1. The Hall–Kier alpha value is -3.49. The Labute approximate surface area is 196 Å². The van der Waals surface area contributed by atoms with Crippen LogP contribution in [0.15, 0.2) is 81.8 Å². The van der Waals surface area contributed by atoms with Gasteiger partial charge in [0.2, 0.25) is 0 Å². The minimum atomic E-state index is -0.680. The number of hydrogen-bond donors (Lipinski definition) is 0. The van der Waals surface area contributed by atoms with E-state index in [0.717, 1.165) is 14.5 Å². The Morgan fingerprint density at radius 3 is 2.48 bits per heavy atom. The summed E-state index contributed by atoms with van der Waals surface area (Å²) in [4.78, 5) is 38.1. The first kappa shape index (κ1) is 20.1. The van der Waals surface area contributed by atoms with E-state index < -0.39 is 22.7 Å². The van der Waals surface area contributed by atoms with Gasteiger partial charge in [0.05, 0.1) is 15.1 Å². The highest BCUT2D eigenvalue weighted by molar-refractivity contribution is 8.01. The molecule has 0 saturated carbocycles. The molecule has 6 rings (SSSR count). The fourth-order valence-corrected chi connectivity index (χ4v) is 7.73. The van der Waals surface area contributed by atoms with E-state index in [4.69, 9.17) is 4.74 Å². The molecule has 4 aromatic rings. The smallest absolute Gasteiger partial charge is 0.316 e.